The fraction of sp³-hybridized carbons (Fsp3) is 0.467. The van der Waals surface area contributed by atoms with Gasteiger partial charge in [0.15, 0.2) is 0 Å². The number of rotatable bonds is 4. The van der Waals surface area contributed by atoms with E-state index in [1.807, 2.05) is 26.0 Å². The summed E-state index contributed by atoms with van der Waals surface area (Å²) < 4.78 is 5.28. The van der Waals surface area contributed by atoms with Crippen molar-refractivity contribution in [3.8, 4) is 0 Å². The normalized spacial score (nSPS) is 18.1. The number of aryl methyl sites for hydroxylation is 2. The molecule has 0 radical (unpaired) electrons. The van der Waals surface area contributed by atoms with Gasteiger partial charge in [-0.1, -0.05) is 13.0 Å². The number of anilines is 1. The zero-order chi connectivity index (χ0) is 14.7. The zero-order valence-corrected chi connectivity index (χ0v) is 12.1. The number of amides is 2. The molecule has 1 aromatic carbocycles. The van der Waals surface area contributed by atoms with Crippen LogP contribution in [-0.2, 0) is 9.53 Å². The number of benzene rings is 1. The molecule has 20 heavy (non-hydrogen) atoms. The number of hydrogen-bond donors (Lipinski definition) is 1. The predicted octanol–water partition coefficient (Wildman–Crippen LogP) is 2.15. The van der Waals surface area contributed by atoms with E-state index in [2.05, 4.69) is 11.4 Å². The second kappa shape index (κ2) is 5.94. The Bertz CT molecular complexity index is 508. The first-order valence-corrected chi connectivity index (χ1v) is 6.82. The van der Waals surface area contributed by atoms with E-state index < -0.39 is 0 Å². The van der Waals surface area contributed by atoms with Gasteiger partial charge < -0.3 is 10.1 Å². The topological polar surface area (TPSA) is 58.6 Å². The van der Waals surface area contributed by atoms with Crippen LogP contribution in [0.1, 0.15) is 24.5 Å². The molecule has 108 valence electrons. The Morgan fingerprint density at radius 3 is 2.60 bits per heavy atom. The van der Waals surface area contributed by atoms with Crippen molar-refractivity contribution < 1.29 is 14.3 Å². The number of ether oxygens (including phenoxy) is 1. The molecule has 1 aromatic rings. The average Bonchev–Trinajstić information content (AvgIpc) is 2.76. The maximum atomic E-state index is 11.9. The van der Waals surface area contributed by atoms with Crippen molar-refractivity contribution in [1.82, 2.24) is 5.32 Å². The maximum Gasteiger partial charge on any atom is 0.414 e. The van der Waals surface area contributed by atoms with Crippen LogP contribution in [0.15, 0.2) is 18.2 Å². The predicted molar refractivity (Wildman–Crippen MR) is 76.8 cm³/mol. The van der Waals surface area contributed by atoms with Gasteiger partial charge >= 0.3 is 6.09 Å². The molecule has 1 aliphatic rings. The fourth-order valence-electron chi connectivity index (χ4n) is 2.30. The molecule has 2 rings (SSSR count). The van der Waals surface area contributed by atoms with Crippen LogP contribution >= 0.6 is 0 Å². The highest BCUT2D eigenvalue weighted by Gasteiger charge is 2.32. The minimum atomic E-state index is -0.356. The van der Waals surface area contributed by atoms with Gasteiger partial charge in [0.2, 0.25) is 5.91 Å². The van der Waals surface area contributed by atoms with Crippen LogP contribution in [0.3, 0.4) is 0 Å². The third-order valence-electron chi connectivity index (χ3n) is 3.24. The Morgan fingerprint density at radius 2 is 2.00 bits per heavy atom. The summed E-state index contributed by atoms with van der Waals surface area (Å²) in [5, 5.41) is 2.75. The fourth-order valence-corrected chi connectivity index (χ4v) is 2.30. The summed E-state index contributed by atoms with van der Waals surface area (Å²) in [4.78, 5) is 24.8. The molecule has 0 bridgehead atoms. The molecule has 1 unspecified atom stereocenters. The Labute approximate surface area is 118 Å². The third kappa shape index (κ3) is 3.29. The van der Waals surface area contributed by atoms with E-state index in [0.29, 0.717) is 19.5 Å². The van der Waals surface area contributed by atoms with Crippen molar-refractivity contribution >= 4 is 17.7 Å². The second-order valence-corrected chi connectivity index (χ2v) is 5.12. The third-order valence-corrected chi connectivity index (χ3v) is 3.24. The van der Waals surface area contributed by atoms with E-state index in [1.165, 1.54) is 0 Å². The van der Waals surface area contributed by atoms with Gasteiger partial charge in [-0.2, -0.15) is 0 Å². The van der Waals surface area contributed by atoms with Gasteiger partial charge in [-0.15, -0.1) is 0 Å². The van der Waals surface area contributed by atoms with Crippen LogP contribution in [0, 0.1) is 13.8 Å². The van der Waals surface area contributed by atoms with E-state index in [0.717, 1.165) is 16.8 Å². The van der Waals surface area contributed by atoms with E-state index in [-0.39, 0.29) is 18.1 Å². The van der Waals surface area contributed by atoms with Crippen LogP contribution in [0.2, 0.25) is 0 Å². The Morgan fingerprint density at radius 1 is 1.35 bits per heavy atom. The summed E-state index contributed by atoms with van der Waals surface area (Å²) in [5.74, 6) is -0.0362. The number of nitrogens with one attached hydrogen (secondary N) is 1. The van der Waals surface area contributed by atoms with Crippen molar-refractivity contribution in [2.75, 3.05) is 18.0 Å². The van der Waals surface area contributed by atoms with E-state index in [4.69, 9.17) is 4.74 Å². The molecule has 1 heterocycles. The highest BCUT2D eigenvalue weighted by atomic mass is 16.6. The molecule has 0 aliphatic carbocycles. The lowest BCUT2D eigenvalue weighted by Crippen LogP contribution is -2.34. The number of carbonyl (C=O) groups excluding carboxylic acids is 2. The van der Waals surface area contributed by atoms with Crippen molar-refractivity contribution in [2.45, 2.75) is 33.3 Å². The summed E-state index contributed by atoms with van der Waals surface area (Å²) in [6.45, 7) is 6.61. The SMILES string of the molecule is CCC(=O)NCC1CN(c2cc(C)cc(C)c2)C(=O)O1. The average molecular weight is 276 g/mol. The van der Waals surface area contributed by atoms with Crippen molar-refractivity contribution in [2.24, 2.45) is 0 Å². The Balaban J connectivity index is 2.03. The number of hydrogen-bond acceptors (Lipinski definition) is 3. The summed E-state index contributed by atoms with van der Waals surface area (Å²) >= 11 is 0. The van der Waals surface area contributed by atoms with Gasteiger partial charge in [0.05, 0.1) is 13.1 Å². The van der Waals surface area contributed by atoms with Gasteiger partial charge in [-0.05, 0) is 37.1 Å². The maximum absolute atomic E-state index is 11.9. The molecule has 0 aromatic heterocycles. The lowest BCUT2D eigenvalue weighted by Gasteiger charge is -2.14. The first kappa shape index (κ1) is 14.4. The zero-order valence-electron chi connectivity index (χ0n) is 12.1. The van der Waals surface area contributed by atoms with Crippen molar-refractivity contribution in [3.05, 3.63) is 29.3 Å². The van der Waals surface area contributed by atoms with Gasteiger partial charge in [-0.25, -0.2) is 4.79 Å². The Hall–Kier alpha value is -2.04. The van der Waals surface area contributed by atoms with Gasteiger partial charge in [-0.3, -0.25) is 9.69 Å². The molecular formula is C15H20N2O3. The molecule has 5 heteroatoms. The molecule has 0 spiro atoms. The van der Waals surface area contributed by atoms with Crippen LogP contribution in [0.5, 0.6) is 0 Å². The molecule has 1 saturated heterocycles. The molecule has 5 nitrogen and oxygen atoms in total. The first-order chi connectivity index (χ1) is 9.49. The van der Waals surface area contributed by atoms with E-state index in [9.17, 15) is 9.59 Å². The summed E-state index contributed by atoms with van der Waals surface area (Å²) in [6, 6.07) is 5.98. The molecular weight excluding hydrogens is 256 g/mol. The monoisotopic (exact) mass is 276 g/mol. The minimum absolute atomic E-state index is 0.0362. The molecule has 1 N–H and O–H groups in total. The van der Waals surface area contributed by atoms with E-state index >= 15 is 0 Å². The summed E-state index contributed by atoms with van der Waals surface area (Å²) in [7, 11) is 0. The summed E-state index contributed by atoms with van der Waals surface area (Å²) in [5.41, 5.74) is 3.06. The molecule has 1 fully saturated rings. The van der Waals surface area contributed by atoms with Gasteiger partial charge in [0.1, 0.15) is 6.10 Å². The number of nitrogens with zero attached hydrogens (tertiary/aromatic N) is 1. The number of cyclic esters (lactones) is 1. The Kier molecular flexibility index (Phi) is 4.27. The largest absolute Gasteiger partial charge is 0.442 e. The highest BCUT2D eigenvalue weighted by molar-refractivity contribution is 5.90. The second-order valence-electron chi connectivity index (χ2n) is 5.12. The van der Waals surface area contributed by atoms with Crippen LogP contribution in [0.4, 0.5) is 10.5 Å². The molecule has 1 atom stereocenters. The van der Waals surface area contributed by atoms with Crippen LogP contribution in [0.25, 0.3) is 0 Å². The van der Waals surface area contributed by atoms with Crippen molar-refractivity contribution in [1.29, 1.82) is 0 Å². The van der Waals surface area contributed by atoms with Gasteiger partial charge in [0, 0.05) is 12.1 Å². The molecule has 2 amide bonds. The molecule has 1 aliphatic heterocycles. The number of carbonyl (C=O) groups is 2. The lowest BCUT2D eigenvalue weighted by atomic mass is 10.1. The standard InChI is InChI=1S/C15H20N2O3/c1-4-14(18)16-8-13-9-17(15(19)20-13)12-6-10(2)5-11(3)7-12/h5-7,13H,4,8-9H2,1-3H3,(H,16,18). The van der Waals surface area contributed by atoms with Crippen molar-refractivity contribution in [3.63, 3.8) is 0 Å². The van der Waals surface area contributed by atoms with Crippen LogP contribution < -0.4 is 10.2 Å². The van der Waals surface area contributed by atoms with Crippen LogP contribution in [-0.4, -0.2) is 31.2 Å². The highest BCUT2D eigenvalue weighted by Crippen LogP contribution is 2.23. The lowest BCUT2D eigenvalue weighted by molar-refractivity contribution is -0.121. The first-order valence-electron chi connectivity index (χ1n) is 6.82. The van der Waals surface area contributed by atoms with E-state index in [1.54, 1.807) is 11.8 Å². The minimum Gasteiger partial charge on any atom is -0.442 e. The quantitative estimate of drug-likeness (QED) is 0.916. The van der Waals surface area contributed by atoms with Gasteiger partial charge in [0.25, 0.3) is 0 Å². The smallest absolute Gasteiger partial charge is 0.414 e. The summed E-state index contributed by atoms with van der Waals surface area (Å²) in [6.07, 6.45) is -0.217. The molecule has 0 saturated carbocycles.